The molecule has 0 amide bonds. The number of hydrogen-bond donors (Lipinski definition) is 2. The molecule has 82 valence electrons. The summed E-state index contributed by atoms with van der Waals surface area (Å²) in [5, 5.41) is 18.3. The van der Waals surface area contributed by atoms with Crippen LogP contribution in [0.2, 0.25) is 5.02 Å². The Morgan fingerprint density at radius 3 is 2.47 bits per heavy atom. The molecule has 0 aromatic heterocycles. The third kappa shape index (κ3) is 1.92. The van der Waals surface area contributed by atoms with Crippen LogP contribution in [0.25, 0.3) is 0 Å². The summed E-state index contributed by atoms with van der Waals surface area (Å²) in [5.74, 6) is -3.39. The molecule has 0 unspecified atom stereocenters. The van der Waals surface area contributed by atoms with Crippen molar-refractivity contribution in [2.75, 3.05) is 0 Å². The molecular weight excluding hydrogens is 226 g/mol. The van der Waals surface area contributed by atoms with Crippen LogP contribution in [0.5, 0.6) is 5.75 Å². The zero-order chi connectivity index (χ0) is 11.2. The van der Waals surface area contributed by atoms with Crippen molar-refractivity contribution in [2.24, 2.45) is 0 Å². The van der Waals surface area contributed by atoms with Gasteiger partial charge in [-0.25, -0.2) is 4.39 Å². The largest absolute Gasteiger partial charge is 0.504 e. The van der Waals surface area contributed by atoms with Crippen LogP contribution in [0, 0.1) is 11.6 Å². The fourth-order valence-electron chi connectivity index (χ4n) is 1.44. The van der Waals surface area contributed by atoms with Gasteiger partial charge in [0.05, 0.1) is 10.6 Å². The lowest BCUT2D eigenvalue weighted by molar-refractivity contribution is 0.149. The molecule has 2 rings (SSSR count). The first-order valence-corrected chi connectivity index (χ1v) is 4.88. The fourth-order valence-corrected chi connectivity index (χ4v) is 1.65. The number of benzene rings is 1. The van der Waals surface area contributed by atoms with Crippen LogP contribution < -0.4 is 0 Å². The first-order chi connectivity index (χ1) is 6.93. The molecule has 1 saturated carbocycles. The van der Waals surface area contributed by atoms with Crippen molar-refractivity contribution in [3.8, 4) is 5.75 Å². The van der Waals surface area contributed by atoms with Crippen molar-refractivity contribution >= 4 is 11.6 Å². The van der Waals surface area contributed by atoms with E-state index in [0.717, 1.165) is 6.07 Å². The van der Waals surface area contributed by atoms with Gasteiger partial charge in [0.15, 0.2) is 11.6 Å². The van der Waals surface area contributed by atoms with Gasteiger partial charge >= 0.3 is 0 Å². The lowest BCUT2D eigenvalue weighted by Gasteiger charge is -2.10. The van der Waals surface area contributed by atoms with Crippen LogP contribution >= 0.6 is 11.6 Å². The van der Waals surface area contributed by atoms with Gasteiger partial charge in [0.2, 0.25) is 5.82 Å². The minimum absolute atomic E-state index is 0.00435. The monoisotopic (exact) mass is 234 g/mol. The van der Waals surface area contributed by atoms with E-state index in [-0.39, 0.29) is 17.0 Å². The van der Waals surface area contributed by atoms with Crippen molar-refractivity contribution in [1.29, 1.82) is 0 Å². The second kappa shape index (κ2) is 3.32. The maximum absolute atomic E-state index is 13.3. The van der Waals surface area contributed by atoms with E-state index in [0.29, 0.717) is 12.8 Å². The third-order valence-corrected chi connectivity index (χ3v) is 2.84. The quantitative estimate of drug-likeness (QED) is 0.772. The van der Waals surface area contributed by atoms with Gasteiger partial charge in [-0.05, 0) is 24.5 Å². The van der Waals surface area contributed by atoms with Gasteiger partial charge in [-0.2, -0.15) is 4.39 Å². The van der Waals surface area contributed by atoms with Gasteiger partial charge in [0, 0.05) is 6.42 Å². The van der Waals surface area contributed by atoms with E-state index in [9.17, 15) is 13.9 Å². The molecular formula is C10H9ClF2O2. The number of aromatic hydroxyl groups is 1. The molecule has 1 aliphatic rings. The minimum Gasteiger partial charge on any atom is -0.504 e. The summed E-state index contributed by atoms with van der Waals surface area (Å²) in [7, 11) is 0. The lowest BCUT2D eigenvalue weighted by atomic mass is 10.1. The Kier molecular flexibility index (Phi) is 2.35. The molecule has 1 aromatic carbocycles. The minimum atomic E-state index is -1.36. The maximum atomic E-state index is 13.3. The Balaban J connectivity index is 2.39. The number of halogens is 3. The Hall–Kier alpha value is -0.870. The Morgan fingerprint density at radius 2 is 1.93 bits per heavy atom. The maximum Gasteiger partial charge on any atom is 0.202 e. The van der Waals surface area contributed by atoms with Crippen LogP contribution in [-0.2, 0) is 6.42 Å². The van der Waals surface area contributed by atoms with E-state index in [2.05, 4.69) is 0 Å². The Morgan fingerprint density at radius 1 is 1.33 bits per heavy atom. The molecule has 0 bridgehead atoms. The number of phenolic OH excluding ortho intramolecular Hbond substituents is 1. The topological polar surface area (TPSA) is 40.5 Å². The number of hydrogen-bond acceptors (Lipinski definition) is 2. The van der Waals surface area contributed by atoms with E-state index in [1.807, 2.05) is 0 Å². The van der Waals surface area contributed by atoms with Crippen LogP contribution in [-0.4, -0.2) is 15.8 Å². The van der Waals surface area contributed by atoms with Crippen LogP contribution in [0.1, 0.15) is 18.4 Å². The van der Waals surface area contributed by atoms with Crippen LogP contribution in [0.4, 0.5) is 8.78 Å². The molecule has 1 aliphatic carbocycles. The van der Waals surface area contributed by atoms with Gasteiger partial charge in [-0.3, -0.25) is 0 Å². The highest BCUT2D eigenvalue weighted by atomic mass is 35.5. The van der Waals surface area contributed by atoms with Gasteiger partial charge in [-0.1, -0.05) is 11.6 Å². The highest BCUT2D eigenvalue weighted by molar-refractivity contribution is 6.32. The Labute approximate surface area is 90.1 Å². The average molecular weight is 235 g/mol. The SMILES string of the molecule is Oc1c(Cl)cc(CC2(O)CC2)c(F)c1F. The molecule has 5 heteroatoms. The van der Waals surface area contributed by atoms with Gasteiger partial charge in [-0.15, -0.1) is 0 Å². The highest BCUT2D eigenvalue weighted by Crippen LogP contribution is 2.40. The summed E-state index contributed by atoms with van der Waals surface area (Å²) < 4.78 is 26.4. The fraction of sp³-hybridized carbons (Fsp3) is 0.400. The molecule has 0 radical (unpaired) electrons. The summed E-state index contributed by atoms with van der Waals surface area (Å²) >= 11 is 5.50. The van der Waals surface area contributed by atoms with Crippen LogP contribution in [0.3, 0.4) is 0 Å². The van der Waals surface area contributed by atoms with Crippen molar-refractivity contribution in [2.45, 2.75) is 24.9 Å². The zero-order valence-corrected chi connectivity index (χ0v) is 8.48. The van der Waals surface area contributed by atoms with E-state index < -0.39 is 23.0 Å². The van der Waals surface area contributed by atoms with Crippen LogP contribution in [0.15, 0.2) is 6.07 Å². The highest BCUT2D eigenvalue weighted by Gasteiger charge is 2.41. The molecule has 15 heavy (non-hydrogen) atoms. The van der Waals surface area contributed by atoms with E-state index in [1.54, 1.807) is 0 Å². The van der Waals surface area contributed by atoms with Gasteiger partial charge in [0.1, 0.15) is 0 Å². The third-order valence-electron chi connectivity index (χ3n) is 2.56. The van der Waals surface area contributed by atoms with E-state index in [4.69, 9.17) is 16.7 Å². The molecule has 0 heterocycles. The van der Waals surface area contributed by atoms with Gasteiger partial charge < -0.3 is 10.2 Å². The predicted octanol–water partition coefficient (Wildman–Crippen LogP) is 2.39. The van der Waals surface area contributed by atoms with E-state index in [1.165, 1.54) is 0 Å². The predicted molar refractivity (Wildman–Crippen MR) is 50.9 cm³/mol. The van der Waals surface area contributed by atoms with Crippen molar-refractivity contribution in [3.63, 3.8) is 0 Å². The molecule has 1 aromatic rings. The van der Waals surface area contributed by atoms with Crippen molar-refractivity contribution < 1.29 is 19.0 Å². The normalized spacial score (nSPS) is 17.9. The summed E-state index contributed by atoms with van der Waals surface area (Å²) in [6, 6.07) is 1.14. The summed E-state index contributed by atoms with van der Waals surface area (Å²) in [4.78, 5) is 0. The Bertz CT molecular complexity index is 416. The number of phenols is 1. The summed E-state index contributed by atoms with van der Waals surface area (Å²) in [6.45, 7) is 0. The second-order valence-corrected chi connectivity index (χ2v) is 4.30. The van der Waals surface area contributed by atoms with E-state index >= 15 is 0 Å². The molecule has 2 N–H and O–H groups in total. The van der Waals surface area contributed by atoms with Crippen molar-refractivity contribution in [3.05, 3.63) is 28.3 Å². The smallest absolute Gasteiger partial charge is 0.202 e. The summed E-state index contributed by atoms with van der Waals surface area (Å²) in [5.41, 5.74) is -0.927. The molecule has 0 atom stereocenters. The standard InChI is InChI=1S/C10H9ClF2O2/c11-6-3-5(4-10(15)1-2-10)7(12)8(13)9(6)14/h3,14-15H,1-2,4H2. The van der Waals surface area contributed by atoms with Crippen molar-refractivity contribution in [1.82, 2.24) is 0 Å². The van der Waals surface area contributed by atoms with Gasteiger partial charge in [0.25, 0.3) is 0 Å². The first kappa shape index (κ1) is 10.6. The zero-order valence-electron chi connectivity index (χ0n) is 7.73. The molecule has 0 saturated heterocycles. The second-order valence-electron chi connectivity index (χ2n) is 3.90. The number of rotatable bonds is 2. The lowest BCUT2D eigenvalue weighted by Crippen LogP contribution is -2.12. The first-order valence-electron chi connectivity index (χ1n) is 4.51. The molecule has 0 spiro atoms. The average Bonchev–Trinajstić information content (AvgIpc) is 2.89. The summed E-state index contributed by atoms with van der Waals surface area (Å²) in [6.07, 6.45) is 1.18. The molecule has 0 aliphatic heterocycles. The number of aliphatic hydroxyl groups is 1. The molecule has 1 fully saturated rings. The molecule has 2 nitrogen and oxygen atoms in total.